The number of hydrazine groups is 1. The summed E-state index contributed by atoms with van der Waals surface area (Å²) < 4.78 is 10.6. The first-order valence-corrected chi connectivity index (χ1v) is 8.59. The average molecular weight is 388 g/mol. The van der Waals surface area contributed by atoms with Crippen molar-refractivity contribution in [2.45, 2.75) is 6.92 Å². The molecule has 0 bridgehead atoms. The second-order valence-electron chi connectivity index (χ2n) is 5.62. The Kier molecular flexibility index (Phi) is 5.52. The Bertz CT molecular complexity index is 1000. The molecule has 1 aromatic heterocycles. The van der Waals surface area contributed by atoms with E-state index in [-0.39, 0.29) is 0 Å². The number of halogens is 1. The van der Waals surface area contributed by atoms with Crippen LogP contribution >= 0.6 is 11.6 Å². The van der Waals surface area contributed by atoms with Gasteiger partial charge in [-0.15, -0.1) is 0 Å². The molecule has 3 N–H and O–H groups in total. The number of aromatic amines is 1. The first kappa shape index (κ1) is 18.6. The lowest BCUT2D eigenvalue weighted by atomic mass is 10.2. The first-order chi connectivity index (χ1) is 13.0. The van der Waals surface area contributed by atoms with Crippen molar-refractivity contribution in [1.82, 2.24) is 15.8 Å². The van der Waals surface area contributed by atoms with E-state index in [9.17, 15) is 9.59 Å². The quantitative estimate of drug-likeness (QED) is 0.585. The van der Waals surface area contributed by atoms with E-state index in [4.69, 9.17) is 21.1 Å². The van der Waals surface area contributed by atoms with E-state index in [1.807, 2.05) is 6.92 Å². The number of carbonyl (C=O) groups excluding carboxylic acids is 2. The second kappa shape index (κ2) is 8.01. The van der Waals surface area contributed by atoms with Crippen LogP contribution in [0.3, 0.4) is 0 Å². The smallest absolute Gasteiger partial charge is 0.286 e. The van der Waals surface area contributed by atoms with Gasteiger partial charge in [-0.2, -0.15) is 0 Å². The first-order valence-electron chi connectivity index (χ1n) is 8.21. The van der Waals surface area contributed by atoms with Crippen molar-refractivity contribution >= 4 is 34.3 Å². The van der Waals surface area contributed by atoms with Gasteiger partial charge in [0, 0.05) is 21.5 Å². The van der Waals surface area contributed by atoms with Crippen LogP contribution in [0.4, 0.5) is 0 Å². The molecular weight excluding hydrogens is 370 g/mol. The van der Waals surface area contributed by atoms with Crippen LogP contribution in [0.15, 0.2) is 42.5 Å². The van der Waals surface area contributed by atoms with E-state index in [0.717, 1.165) is 10.9 Å². The standard InChI is InChI=1S/C19H18ClN3O4/c1-3-27-16-7-4-11(10-17(16)26-2)18(24)22-23-19(25)15-9-12-8-13(20)5-6-14(12)21-15/h4-10,21H,3H2,1-2H3,(H,22,24)(H,23,25). The Balaban J connectivity index is 1.68. The minimum atomic E-state index is -0.483. The van der Waals surface area contributed by atoms with Gasteiger partial charge in [0.05, 0.1) is 13.7 Å². The Morgan fingerprint density at radius 3 is 2.56 bits per heavy atom. The molecular formula is C19H18ClN3O4. The molecule has 3 aromatic rings. The fraction of sp³-hybridized carbons (Fsp3) is 0.158. The van der Waals surface area contributed by atoms with Crippen LogP contribution in [0, 0.1) is 0 Å². The maximum atomic E-state index is 12.3. The highest BCUT2D eigenvalue weighted by molar-refractivity contribution is 6.31. The fourth-order valence-corrected chi connectivity index (χ4v) is 2.74. The number of methoxy groups -OCH3 is 1. The molecule has 0 spiro atoms. The number of ether oxygens (including phenoxy) is 2. The van der Waals surface area contributed by atoms with E-state index >= 15 is 0 Å². The molecule has 0 aliphatic heterocycles. The Hall–Kier alpha value is -3.19. The number of benzene rings is 2. The summed E-state index contributed by atoms with van der Waals surface area (Å²) in [6.07, 6.45) is 0. The summed E-state index contributed by atoms with van der Waals surface area (Å²) in [5.41, 5.74) is 6.14. The summed E-state index contributed by atoms with van der Waals surface area (Å²) in [5.74, 6) is 0.0121. The lowest BCUT2D eigenvalue weighted by Gasteiger charge is -2.11. The minimum absolute atomic E-state index is 0.303. The monoisotopic (exact) mass is 387 g/mol. The molecule has 2 aromatic carbocycles. The van der Waals surface area contributed by atoms with Crippen LogP contribution in [-0.2, 0) is 0 Å². The third-order valence-electron chi connectivity index (χ3n) is 3.84. The molecule has 0 fully saturated rings. The van der Waals surface area contributed by atoms with Crippen LogP contribution in [0.2, 0.25) is 5.02 Å². The number of H-pyrrole nitrogens is 1. The summed E-state index contributed by atoms with van der Waals surface area (Å²) in [6, 6.07) is 11.7. The average Bonchev–Trinajstić information content (AvgIpc) is 3.09. The van der Waals surface area contributed by atoms with E-state index < -0.39 is 11.8 Å². The number of fused-ring (bicyclic) bond motifs is 1. The number of amides is 2. The predicted octanol–water partition coefficient (Wildman–Crippen LogP) is 3.30. The number of hydrogen-bond acceptors (Lipinski definition) is 4. The lowest BCUT2D eigenvalue weighted by Crippen LogP contribution is -2.41. The molecule has 140 valence electrons. The van der Waals surface area contributed by atoms with Crippen LogP contribution < -0.4 is 20.3 Å². The van der Waals surface area contributed by atoms with Gasteiger partial charge < -0.3 is 14.5 Å². The topological polar surface area (TPSA) is 92.5 Å². The number of nitrogens with one attached hydrogen (secondary N) is 3. The zero-order valence-electron chi connectivity index (χ0n) is 14.8. The summed E-state index contributed by atoms with van der Waals surface area (Å²) in [6.45, 7) is 2.33. The molecule has 8 heteroatoms. The Morgan fingerprint density at radius 1 is 1.04 bits per heavy atom. The largest absolute Gasteiger partial charge is 0.493 e. The molecule has 0 saturated carbocycles. The van der Waals surface area contributed by atoms with Crippen molar-refractivity contribution in [3.05, 3.63) is 58.7 Å². The van der Waals surface area contributed by atoms with Gasteiger partial charge in [0.2, 0.25) is 0 Å². The van der Waals surface area contributed by atoms with Crippen molar-refractivity contribution < 1.29 is 19.1 Å². The Morgan fingerprint density at radius 2 is 1.81 bits per heavy atom. The SMILES string of the molecule is CCOc1ccc(C(=O)NNC(=O)c2cc3cc(Cl)ccc3[nH]2)cc1OC. The predicted molar refractivity (Wildman–Crippen MR) is 102 cm³/mol. The molecule has 0 atom stereocenters. The third kappa shape index (κ3) is 4.15. The molecule has 7 nitrogen and oxygen atoms in total. The van der Waals surface area contributed by atoms with Gasteiger partial charge in [-0.3, -0.25) is 20.4 Å². The maximum absolute atomic E-state index is 12.3. The molecule has 1 heterocycles. The minimum Gasteiger partial charge on any atom is -0.493 e. The highest BCUT2D eigenvalue weighted by atomic mass is 35.5. The molecule has 0 aliphatic rings. The van der Waals surface area contributed by atoms with Crippen molar-refractivity contribution in [3.63, 3.8) is 0 Å². The van der Waals surface area contributed by atoms with Crippen LogP contribution in [0.1, 0.15) is 27.8 Å². The number of aromatic nitrogens is 1. The van der Waals surface area contributed by atoms with Crippen molar-refractivity contribution in [3.8, 4) is 11.5 Å². The van der Waals surface area contributed by atoms with Gasteiger partial charge in [-0.25, -0.2) is 0 Å². The normalized spacial score (nSPS) is 10.5. The van der Waals surface area contributed by atoms with Gasteiger partial charge in [-0.05, 0) is 49.4 Å². The number of carbonyl (C=O) groups is 2. The number of rotatable bonds is 5. The van der Waals surface area contributed by atoms with Crippen molar-refractivity contribution in [2.24, 2.45) is 0 Å². The highest BCUT2D eigenvalue weighted by Crippen LogP contribution is 2.28. The van der Waals surface area contributed by atoms with Gasteiger partial charge in [0.25, 0.3) is 11.8 Å². The third-order valence-corrected chi connectivity index (χ3v) is 4.08. The summed E-state index contributed by atoms with van der Waals surface area (Å²) in [7, 11) is 1.49. The molecule has 0 aliphatic carbocycles. The zero-order valence-corrected chi connectivity index (χ0v) is 15.5. The van der Waals surface area contributed by atoms with Gasteiger partial charge in [0.1, 0.15) is 5.69 Å². The van der Waals surface area contributed by atoms with Crippen LogP contribution in [-0.4, -0.2) is 30.5 Å². The fourth-order valence-electron chi connectivity index (χ4n) is 2.56. The van der Waals surface area contributed by atoms with E-state index in [0.29, 0.717) is 34.4 Å². The summed E-state index contributed by atoms with van der Waals surface area (Å²) >= 11 is 5.94. The highest BCUT2D eigenvalue weighted by Gasteiger charge is 2.14. The molecule has 27 heavy (non-hydrogen) atoms. The van der Waals surface area contributed by atoms with E-state index in [2.05, 4.69) is 15.8 Å². The van der Waals surface area contributed by atoms with Gasteiger partial charge in [0.15, 0.2) is 11.5 Å². The molecule has 0 unspecified atom stereocenters. The molecule has 0 radical (unpaired) electrons. The molecule has 2 amide bonds. The van der Waals surface area contributed by atoms with E-state index in [1.165, 1.54) is 13.2 Å². The summed E-state index contributed by atoms with van der Waals surface area (Å²) in [4.78, 5) is 27.5. The van der Waals surface area contributed by atoms with Crippen molar-refractivity contribution in [1.29, 1.82) is 0 Å². The van der Waals surface area contributed by atoms with Crippen LogP contribution in [0.5, 0.6) is 11.5 Å². The van der Waals surface area contributed by atoms with Crippen LogP contribution in [0.25, 0.3) is 10.9 Å². The summed E-state index contributed by atoms with van der Waals surface area (Å²) in [5, 5.41) is 1.38. The van der Waals surface area contributed by atoms with Gasteiger partial charge in [-0.1, -0.05) is 11.6 Å². The maximum Gasteiger partial charge on any atom is 0.286 e. The second-order valence-corrected chi connectivity index (χ2v) is 6.06. The Labute approximate surface area is 160 Å². The van der Waals surface area contributed by atoms with Gasteiger partial charge >= 0.3 is 0 Å². The molecule has 0 saturated heterocycles. The zero-order chi connectivity index (χ0) is 19.4. The lowest BCUT2D eigenvalue weighted by molar-refractivity contribution is 0.0844. The number of hydrogen-bond donors (Lipinski definition) is 3. The van der Waals surface area contributed by atoms with E-state index in [1.54, 1.807) is 36.4 Å². The molecule has 3 rings (SSSR count). The van der Waals surface area contributed by atoms with Crippen molar-refractivity contribution in [2.75, 3.05) is 13.7 Å².